The van der Waals surface area contributed by atoms with Crippen LogP contribution in [0.5, 0.6) is 5.75 Å². The Balaban J connectivity index is 2.54. The number of aliphatic imine (C=N–C) groups is 1. The maximum atomic E-state index is 9.44. The molecule has 0 fully saturated rings. The highest BCUT2D eigenvalue weighted by atomic mass is 16.7. The van der Waals surface area contributed by atoms with E-state index in [4.69, 9.17) is 9.47 Å². The number of hydrogen-bond donors (Lipinski definition) is 1. The molecular formula is C11H15NO3. The summed E-state index contributed by atoms with van der Waals surface area (Å²) in [4.78, 5) is 4.11. The van der Waals surface area contributed by atoms with Gasteiger partial charge in [0.2, 0.25) is 0 Å². The predicted octanol–water partition coefficient (Wildman–Crippen LogP) is 1.43. The summed E-state index contributed by atoms with van der Waals surface area (Å²) in [6.45, 7) is 0.404. The summed E-state index contributed by atoms with van der Waals surface area (Å²) < 4.78 is 9.94. The van der Waals surface area contributed by atoms with Crippen molar-refractivity contribution in [2.45, 2.75) is 6.29 Å². The number of aromatic hydroxyl groups is 1. The van der Waals surface area contributed by atoms with Crippen LogP contribution in [0.15, 0.2) is 29.3 Å². The Morgan fingerprint density at radius 3 is 2.60 bits per heavy atom. The van der Waals surface area contributed by atoms with Crippen LogP contribution in [0, 0.1) is 0 Å². The molecule has 0 aromatic heterocycles. The first-order chi connectivity index (χ1) is 7.27. The first kappa shape index (κ1) is 11.7. The van der Waals surface area contributed by atoms with Crippen LogP contribution in [0.1, 0.15) is 5.56 Å². The topological polar surface area (TPSA) is 51.0 Å². The summed E-state index contributed by atoms with van der Waals surface area (Å²) in [6.07, 6.45) is 1.26. The van der Waals surface area contributed by atoms with Gasteiger partial charge in [-0.2, -0.15) is 0 Å². The highest BCUT2D eigenvalue weighted by Crippen LogP contribution is 2.12. The number of nitrogens with zero attached hydrogens (tertiary/aromatic N) is 1. The van der Waals surface area contributed by atoms with E-state index < -0.39 is 0 Å². The van der Waals surface area contributed by atoms with Gasteiger partial charge in [-0.05, 0) is 12.1 Å². The third-order valence-corrected chi connectivity index (χ3v) is 1.95. The van der Waals surface area contributed by atoms with E-state index in [2.05, 4.69) is 4.99 Å². The Kier molecular flexibility index (Phi) is 4.80. The molecule has 0 aliphatic rings. The van der Waals surface area contributed by atoms with E-state index in [0.717, 1.165) is 0 Å². The average molecular weight is 209 g/mol. The van der Waals surface area contributed by atoms with Gasteiger partial charge in [0.25, 0.3) is 0 Å². The van der Waals surface area contributed by atoms with E-state index in [1.807, 2.05) is 6.07 Å². The quantitative estimate of drug-likeness (QED) is 0.589. The van der Waals surface area contributed by atoms with Crippen LogP contribution in [0.4, 0.5) is 0 Å². The summed E-state index contributed by atoms with van der Waals surface area (Å²) in [6, 6.07) is 7.00. The lowest BCUT2D eigenvalue weighted by molar-refractivity contribution is -0.0936. The van der Waals surface area contributed by atoms with Crippen molar-refractivity contribution in [3.63, 3.8) is 0 Å². The number of rotatable bonds is 5. The van der Waals surface area contributed by atoms with Gasteiger partial charge in [0, 0.05) is 26.0 Å². The van der Waals surface area contributed by atoms with Crippen molar-refractivity contribution in [1.82, 2.24) is 0 Å². The highest BCUT2D eigenvalue weighted by molar-refractivity contribution is 5.83. The Labute approximate surface area is 89.2 Å². The summed E-state index contributed by atoms with van der Waals surface area (Å²) in [5.74, 6) is 0.215. The van der Waals surface area contributed by atoms with Gasteiger partial charge in [-0.1, -0.05) is 12.1 Å². The van der Waals surface area contributed by atoms with Gasteiger partial charge >= 0.3 is 0 Å². The van der Waals surface area contributed by atoms with Gasteiger partial charge < -0.3 is 14.6 Å². The number of hydrogen-bond acceptors (Lipinski definition) is 4. The zero-order valence-electron chi connectivity index (χ0n) is 8.88. The Morgan fingerprint density at radius 2 is 2.00 bits per heavy atom. The second-order valence-electron chi connectivity index (χ2n) is 2.95. The SMILES string of the molecule is COC(CN=Cc1ccccc1O)OC. The first-order valence-electron chi connectivity index (χ1n) is 4.61. The number of phenols is 1. The number of ether oxygens (including phenoxy) is 2. The summed E-state index contributed by atoms with van der Waals surface area (Å²) in [5.41, 5.74) is 0.684. The lowest BCUT2D eigenvalue weighted by atomic mass is 10.2. The van der Waals surface area contributed by atoms with Gasteiger partial charge in [0.15, 0.2) is 6.29 Å². The molecule has 4 nitrogen and oxygen atoms in total. The van der Waals surface area contributed by atoms with Crippen LogP contribution >= 0.6 is 0 Å². The molecule has 1 rings (SSSR count). The van der Waals surface area contributed by atoms with Gasteiger partial charge in [-0.15, -0.1) is 0 Å². The molecule has 0 bridgehead atoms. The lowest BCUT2D eigenvalue weighted by Crippen LogP contribution is -2.16. The molecule has 15 heavy (non-hydrogen) atoms. The van der Waals surface area contributed by atoms with Crippen LogP contribution < -0.4 is 0 Å². The Bertz CT molecular complexity index is 321. The summed E-state index contributed by atoms with van der Waals surface area (Å²) in [7, 11) is 3.12. The normalized spacial score (nSPS) is 11.4. The maximum absolute atomic E-state index is 9.44. The van der Waals surface area contributed by atoms with E-state index in [9.17, 15) is 5.11 Å². The molecule has 0 heterocycles. The molecule has 0 atom stereocenters. The fraction of sp³-hybridized carbons (Fsp3) is 0.364. The van der Waals surface area contributed by atoms with Crippen molar-refractivity contribution in [2.24, 2.45) is 4.99 Å². The first-order valence-corrected chi connectivity index (χ1v) is 4.61. The third kappa shape index (κ3) is 3.69. The zero-order valence-corrected chi connectivity index (χ0v) is 8.88. The molecule has 1 N–H and O–H groups in total. The molecule has 0 aliphatic carbocycles. The molecule has 0 aliphatic heterocycles. The predicted molar refractivity (Wildman–Crippen MR) is 58.4 cm³/mol. The average Bonchev–Trinajstić information content (AvgIpc) is 2.27. The molecule has 1 aromatic carbocycles. The highest BCUT2D eigenvalue weighted by Gasteiger charge is 2.01. The fourth-order valence-corrected chi connectivity index (χ4v) is 1.08. The molecule has 0 saturated heterocycles. The van der Waals surface area contributed by atoms with Crippen molar-refractivity contribution >= 4 is 6.21 Å². The summed E-state index contributed by atoms with van der Waals surface area (Å²) in [5, 5.41) is 9.44. The van der Waals surface area contributed by atoms with Gasteiger partial charge in [0.1, 0.15) is 5.75 Å². The summed E-state index contributed by atoms with van der Waals surface area (Å²) >= 11 is 0. The largest absolute Gasteiger partial charge is 0.507 e. The van der Waals surface area contributed by atoms with Gasteiger partial charge in [0.05, 0.1) is 6.54 Å². The Morgan fingerprint density at radius 1 is 1.33 bits per heavy atom. The number of phenolic OH excluding ortho intramolecular Hbond substituents is 1. The molecule has 0 unspecified atom stereocenters. The number of para-hydroxylation sites is 1. The molecule has 82 valence electrons. The molecule has 0 amide bonds. The molecule has 0 spiro atoms. The number of benzene rings is 1. The molecule has 0 radical (unpaired) electrons. The van der Waals surface area contributed by atoms with Crippen molar-refractivity contribution in [3.8, 4) is 5.75 Å². The molecule has 4 heteroatoms. The van der Waals surface area contributed by atoms with Crippen LogP contribution in [0.3, 0.4) is 0 Å². The van der Waals surface area contributed by atoms with E-state index in [-0.39, 0.29) is 12.0 Å². The van der Waals surface area contributed by atoms with Crippen molar-refractivity contribution in [1.29, 1.82) is 0 Å². The van der Waals surface area contributed by atoms with Gasteiger partial charge in [-0.3, -0.25) is 4.99 Å². The van der Waals surface area contributed by atoms with Crippen molar-refractivity contribution < 1.29 is 14.6 Å². The van der Waals surface area contributed by atoms with E-state index in [1.165, 1.54) is 0 Å². The van der Waals surface area contributed by atoms with Crippen molar-refractivity contribution in [3.05, 3.63) is 29.8 Å². The van der Waals surface area contributed by atoms with Crippen molar-refractivity contribution in [2.75, 3.05) is 20.8 Å². The third-order valence-electron chi connectivity index (χ3n) is 1.95. The second-order valence-corrected chi connectivity index (χ2v) is 2.95. The molecule has 0 saturated carbocycles. The van der Waals surface area contributed by atoms with Gasteiger partial charge in [-0.25, -0.2) is 0 Å². The number of methoxy groups -OCH3 is 2. The second kappa shape index (κ2) is 6.16. The van der Waals surface area contributed by atoms with Crippen LogP contribution in [-0.4, -0.2) is 38.4 Å². The molecule has 1 aromatic rings. The van der Waals surface area contributed by atoms with E-state index >= 15 is 0 Å². The molecular weight excluding hydrogens is 194 g/mol. The van der Waals surface area contributed by atoms with E-state index in [0.29, 0.717) is 12.1 Å². The minimum Gasteiger partial charge on any atom is -0.507 e. The monoisotopic (exact) mass is 209 g/mol. The van der Waals surface area contributed by atoms with Crippen LogP contribution in [0.25, 0.3) is 0 Å². The lowest BCUT2D eigenvalue weighted by Gasteiger charge is -2.09. The standard InChI is InChI=1S/C11H15NO3/c1-14-11(15-2)8-12-7-9-5-3-4-6-10(9)13/h3-7,11,13H,8H2,1-2H3. The Hall–Kier alpha value is -1.39. The minimum absolute atomic E-state index is 0.215. The van der Waals surface area contributed by atoms with Crippen LogP contribution in [0.2, 0.25) is 0 Å². The smallest absolute Gasteiger partial charge is 0.176 e. The maximum Gasteiger partial charge on any atom is 0.176 e. The van der Waals surface area contributed by atoms with Crippen LogP contribution in [-0.2, 0) is 9.47 Å². The van der Waals surface area contributed by atoms with E-state index in [1.54, 1.807) is 38.6 Å². The zero-order chi connectivity index (χ0) is 11.1. The minimum atomic E-state index is -0.341. The fourth-order valence-electron chi connectivity index (χ4n) is 1.08.